The number of anilines is 1. The summed E-state index contributed by atoms with van der Waals surface area (Å²) < 4.78 is 5.81. The maximum Gasteiger partial charge on any atom is 0.253 e. The van der Waals surface area contributed by atoms with Crippen molar-refractivity contribution in [3.63, 3.8) is 0 Å². The molecule has 0 radical (unpaired) electrons. The van der Waals surface area contributed by atoms with Gasteiger partial charge in [0, 0.05) is 30.9 Å². The predicted molar refractivity (Wildman–Crippen MR) is 91.1 cm³/mol. The first kappa shape index (κ1) is 15.8. The summed E-state index contributed by atoms with van der Waals surface area (Å²) in [5, 5.41) is 0. The van der Waals surface area contributed by atoms with Gasteiger partial charge in [-0.1, -0.05) is 0 Å². The number of fused-ring (bicyclic) bond motifs is 1. The minimum atomic E-state index is -0.356. The summed E-state index contributed by atoms with van der Waals surface area (Å²) in [6.45, 7) is 3.75. The van der Waals surface area contributed by atoms with Gasteiger partial charge in [-0.25, -0.2) is 9.97 Å². The number of amides is 1. The van der Waals surface area contributed by atoms with Crippen LogP contribution >= 0.6 is 0 Å². The molecule has 0 bridgehead atoms. The summed E-state index contributed by atoms with van der Waals surface area (Å²) in [5.41, 5.74) is 2.48. The van der Waals surface area contributed by atoms with Crippen molar-refractivity contribution in [3.8, 4) is 0 Å². The Hall–Kier alpha value is -1.69. The van der Waals surface area contributed by atoms with Crippen LogP contribution in [0, 0.1) is 0 Å². The van der Waals surface area contributed by atoms with Crippen molar-refractivity contribution in [2.75, 3.05) is 37.7 Å². The van der Waals surface area contributed by atoms with Crippen LogP contribution in [0.1, 0.15) is 43.4 Å². The molecule has 3 heterocycles. The van der Waals surface area contributed by atoms with E-state index in [2.05, 4.69) is 14.9 Å². The molecule has 2 fully saturated rings. The van der Waals surface area contributed by atoms with E-state index in [0.29, 0.717) is 13.2 Å². The predicted octanol–water partition coefficient (Wildman–Crippen LogP) is 1.57. The highest BCUT2D eigenvalue weighted by atomic mass is 16.5. The number of ether oxygens (including phenoxy) is 1. The molecule has 24 heavy (non-hydrogen) atoms. The monoisotopic (exact) mass is 330 g/mol. The number of rotatable bonds is 2. The van der Waals surface area contributed by atoms with Crippen LogP contribution in [0.15, 0.2) is 6.33 Å². The maximum atomic E-state index is 12.8. The van der Waals surface area contributed by atoms with Gasteiger partial charge in [0.25, 0.3) is 5.91 Å². The Bertz CT molecular complexity index is 601. The Kier molecular flexibility index (Phi) is 4.65. The summed E-state index contributed by atoms with van der Waals surface area (Å²) in [4.78, 5) is 26.0. The number of likely N-dealkylation sites (tertiary alicyclic amines) is 1. The quantitative estimate of drug-likeness (QED) is 0.824. The second-order valence-electron chi connectivity index (χ2n) is 7.02. The summed E-state index contributed by atoms with van der Waals surface area (Å²) in [6, 6.07) is 0. The van der Waals surface area contributed by atoms with Gasteiger partial charge in [0.1, 0.15) is 12.1 Å². The molecule has 3 aliphatic rings. The van der Waals surface area contributed by atoms with E-state index in [-0.39, 0.29) is 12.0 Å². The van der Waals surface area contributed by atoms with Crippen molar-refractivity contribution in [1.29, 1.82) is 0 Å². The van der Waals surface area contributed by atoms with Crippen molar-refractivity contribution in [3.05, 3.63) is 17.6 Å². The number of piperidine rings is 1. The van der Waals surface area contributed by atoms with Crippen LogP contribution in [-0.2, 0) is 22.4 Å². The largest absolute Gasteiger partial charge is 0.365 e. The lowest BCUT2D eigenvalue weighted by atomic mass is 9.96. The van der Waals surface area contributed by atoms with Crippen molar-refractivity contribution < 1.29 is 9.53 Å². The minimum Gasteiger partial charge on any atom is -0.365 e. The zero-order valence-electron chi connectivity index (χ0n) is 14.2. The highest BCUT2D eigenvalue weighted by Gasteiger charge is 2.32. The average molecular weight is 330 g/mol. The normalized spacial score (nSPS) is 24.6. The van der Waals surface area contributed by atoms with Gasteiger partial charge in [-0.15, -0.1) is 0 Å². The first-order valence-electron chi connectivity index (χ1n) is 9.31. The molecule has 1 atom stereocenters. The molecule has 2 saturated heterocycles. The molecule has 6 nitrogen and oxygen atoms in total. The Balaban J connectivity index is 1.50. The number of morpholine rings is 1. The molecule has 1 aromatic rings. The lowest BCUT2D eigenvalue weighted by Gasteiger charge is -2.37. The molecule has 0 saturated carbocycles. The third-order valence-electron chi connectivity index (χ3n) is 5.41. The molecule has 1 amide bonds. The summed E-state index contributed by atoms with van der Waals surface area (Å²) in [6.07, 6.45) is 9.29. The Morgan fingerprint density at radius 3 is 2.75 bits per heavy atom. The van der Waals surface area contributed by atoms with E-state index >= 15 is 0 Å². The van der Waals surface area contributed by atoms with E-state index in [9.17, 15) is 4.79 Å². The number of hydrogen-bond acceptors (Lipinski definition) is 5. The fourth-order valence-electron chi connectivity index (χ4n) is 4.09. The number of hydrogen-bond donors (Lipinski definition) is 0. The van der Waals surface area contributed by atoms with E-state index in [4.69, 9.17) is 4.74 Å². The fourth-order valence-corrected chi connectivity index (χ4v) is 4.09. The third-order valence-corrected chi connectivity index (χ3v) is 5.41. The van der Waals surface area contributed by atoms with Crippen LogP contribution in [-0.4, -0.2) is 59.7 Å². The van der Waals surface area contributed by atoms with Crippen LogP contribution in [0.5, 0.6) is 0 Å². The van der Waals surface area contributed by atoms with Gasteiger partial charge in [-0.2, -0.15) is 0 Å². The SMILES string of the molecule is O=C(C1CN(c2ncnc3c2CCCC3)CCO1)N1CCCCC1. The minimum absolute atomic E-state index is 0.155. The average Bonchev–Trinajstić information content (AvgIpc) is 2.68. The molecule has 1 unspecified atom stereocenters. The van der Waals surface area contributed by atoms with Gasteiger partial charge in [0.05, 0.1) is 13.2 Å². The third kappa shape index (κ3) is 3.11. The molecule has 1 aliphatic carbocycles. The van der Waals surface area contributed by atoms with Crippen LogP contribution in [0.3, 0.4) is 0 Å². The Morgan fingerprint density at radius 2 is 1.88 bits per heavy atom. The molecule has 0 N–H and O–H groups in total. The standard InChI is InChI=1S/C18H26N4O2/c23-18(21-8-4-1-5-9-21)16-12-22(10-11-24-16)17-14-6-2-3-7-15(14)19-13-20-17/h13,16H,1-12H2. The lowest BCUT2D eigenvalue weighted by molar-refractivity contribution is -0.145. The van der Waals surface area contributed by atoms with E-state index in [0.717, 1.165) is 51.1 Å². The second kappa shape index (κ2) is 7.05. The van der Waals surface area contributed by atoms with Gasteiger partial charge in [0.15, 0.2) is 6.10 Å². The fraction of sp³-hybridized carbons (Fsp3) is 0.722. The highest BCUT2D eigenvalue weighted by Crippen LogP contribution is 2.28. The molecule has 6 heteroatoms. The number of carbonyl (C=O) groups excluding carboxylic acids is 1. The first-order chi connectivity index (χ1) is 11.8. The zero-order chi connectivity index (χ0) is 16.4. The Morgan fingerprint density at radius 1 is 1.04 bits per heavy atom. The van der Waals surface area contributed by atoms with Crippen molar-refractivity contribution >= 4 is 11.7 Å². The highest BCUT2D eigenvalue weighted by molar-refractivity contribution is 5.82. The van der Waals surface area contributed by atoms with Gasteiger partial charge in [0.2, 0.25) is 0 Å². The summed E-state index contributed by atoms with van der Waals surface area (Å²) in [5.74, 6) is 1.18. The number of aromatic nitrogens is 2. The zero-order valence-corrected chi connectivity index (χ0v) is 14.2. The van der Waals surface area contributed by atoms with Crippen LogP contribution < -0.4 is 4.90 Å². The van der Waals surface area contributed by atoms with E-state index < -0.39 is 0 Å². The van der Waals surface area contributed by atoms with Crippen LogP contribution in [0.4, 0.5) is 5.82 Å². The molecule has 4 rings (SSSR count). The van der Waals surface area contributed by atoms with Crippen molar-refractivity contribution in [2.45, 2.75) is 51.0 Å². The topological polar surface area (TPSA) is 58.6 Å². The van der Waals surface area contributed by atoms with E-state index in [1.54, 1.807) is 6.33 Å². The lowest BCUT2D eigenvalue weighted by Crippen LogP contribution is -2.52. The van der Waals surface area contributed by atoms with Crippen molar-refractivity contribution in [1.82, 2.24) is 14.9 Å². The number of aryl methyl sites for hydroxylation is 1. The second-order valence-corrected chi connectivity index (χ2v) is 7.02. The molecular weight excluding hydrogens is 304 g/mol. The molecule has 0 aromatic carbocycles. The van der Waals surface area contributed by atoms with Gasteiger partial charge < -0.3 is 14.5 Å². The Labute approximate surface area is 143 Å². The van der Waals surface area contributed by atoms with Crippen LogP contribution in [0.25, 0.3) is 0 Å². The number of nitrogens with zero attached hydrogens (tertiary/aromatic N) is 4. The molecule has 2 aliphatic heterocycles. The maximum absolute atomic E-state index is 12.8. The van der Waals surface area contributed by atoms with Crippen molar-refractivity contribution in [2.24, 2.45) is 0 Å². The molecule has 0 spiro atoms. The van der Waals surface area contributed by atoms with E-state index in [1.807, 2.05) is 4.90 Å². The van der Waals surface area contributed by atoms with Gasteiger partial charge in [-0.3, -0.25) is 4.79 Å². The summed E-state index contributed by atoms with van der Waals surface area (Å²) >= 11 is 0. The smallest absolute Gasteiger partial charge is 0.253 e. The first-order valence-corrected chi connectivity index (χ1v) is 9.31. The number of carbonyl (C=O) groups is 1. The van der Waals surface area contributed by atoms with Gasteiger partial charge in [-0.05, 0) is 44.9 Å². The summed E-state index contributed by atoms with van der Waals surface area (Å²) in [7, 11) is 0. The van der Waals surface area contributed by atoms with Crippen LogP contribution in [0.2, 0.25) is 0 Å². The molecular formula is C18H26N4O2. The molecule has 1 aromatic heterocycles. The van der Waals surface area contributed by atoms with E-state index in [1.165, 1.54) is 30.5 Å². The van der Waals surface area contributed by atoms with Gasteiger partial charge >= 0.3 is 0 Å². The molecule has 130 valence electrons.